The molecule has 0 bridgehead atoms. The zero-order valence-corrected chi connectivity index (χ0v) is 26.5. The number of nitrogens with one attached hydrogen (secondary N) is 1. The van der Waals surface area contributed by atoms with Gasteiger partial charge in [0.1, 0.15) is 11.8 Å². The third-order valence-corrected chi connectivity index (χ3v) is 7.62. The highest BCUT2D eigenvalue weighted by Crippen LogP contribution is 2.27. The van der Waals surface area contributed by atoms with Gasteiger partial charge in [-0.3, -0.25) is 4.79 Å². The molecular formula is C38H42N2O6. The Kier molecular flexibility index (Phi) is 12.8. The molecule has 46 heavy (non-hydrogen) atoms. The first-order valence-electron chi connectivity index (χ1n) is 15.8. The van der Waals surface area contributed by atoms with Crippen LogP contribution in [0, 0.1) is 6.92 Å². The van der Waals surface area contributed by atoms with Crippen molar-refractivity contribution in [3.05, 3.63) is 120 Å². The maximum Gasteiger partial charge on any atom is 0.343 e. The van der Waals surface area contributed by atoms with Crippen molar-refractivity contribution >= 4 is 29.2 Å². The average Bonchev–Trinajstić information content (AvgIpc) is 3.07. The van der Waals surface area contributed by atoms with Gasteiger partial charge in [-0.25, -0.2) is 9.59 Å². The Morgan fingerprint density at radius 2 is 1.54 bits per heavy atom. The van der Waals surface area contributed by atoms with Gasteiger partial charge in [0.2, 0.25) is 5.91 Å². The highest BCUT2D eigenvalue weighted by molar-refractivity contribution is 5.94. The molecule has 2 N–H and O–H groups in total. The Balaban J connectivity index is 1.28. The molecule has 8 heteroatoms. The molecule has 0 saturated heterocycles. The molecular weight excluding hydrogens is 580 g/mol. The standard InChI is InChI=1S/C38H42N2O6/c1-3-4-19-36(41)40(34-17-10-8-13-28(34)2)26-12-27-45-31-23-20-29(21-24-31)22-25-33(37(42)43)39-32-16-9-11-18-35(32)46-38(44)30-14-6-5-7-15-30/h5-11,13-18,20-21,23-24,33,39H,3-4,12,19,22,25-27H2,1-2H3,(H,42,43). The summed E-state index contributed by atoms with van der Waals surface area (Å²) in [5.41, 5.74) is 3.81. The van der Waals surface area contributed by atoms with Crippen LogP contribution in [0.1, 0.15) is 60.5 Å². The fraction of sp³-hybridized carbons (Fsp3) is 0.289. The molecule has 0 spiro atoms. The molecule has 8 nitrogen and oxygen atoms in total. The van der Waals surface area contributed by atoms with Gasteiger partial charge in [0.15, 0.2) is 5.75 Å². The van der Waals surface area contributed by atoms with E-state index in [1.54, 1.807) is 48.5 Å². The topological polar surface area (TPSA) is 105 Å². The number of carbonyl (C=O) groups is 3. The van der Waals surface area contributed by atoms with E-state index in [9.17, 15) is 19.5 Å². The molecule has 0 aliphatic carbocycles. The van der Waals surface area contributed by atoms with Gasteiger partial charge in [-0.05, 0) is 86.2 Å². The van der Waals surface area contributed by atoms with Crippen molar-refractivity contribution < 1.29 is 29.0 Å². The van der Waals surface area contributed by atoms with Crippen molar-refractivity contribution in [3.63, 3.8) is 0 Å². The Morgan fingerprint density at radius 3 is 2.26 bits per heavy atom. The lowest BCUT2D eigenvalue weighted by molar-refractivity contribution is -0.138. The van der Waals surface area contributed by atoms with Gasteiger partial charge >= 0.3 is 11.9 Å². The van der Waals surface area contributed by atoms with E-state index in [0.29, 0.717) is 55.8 Å². The van der Waals surface area contributed by atoms with Crippen LogP contribution in [0.3, 0.4) is 0 Å². The number of anilines is 2. The van der Waals surface area contributed by atoms with Crippen molar-refractivity contribution in [1.82, 2.24) is 0 Å². The lowest BCUT2D eigenvalue weighted by atomic mass is 10.0. The van der Waals surface area contributed by atoms with E-state index in [4.69, 9.17) is 9.47 Å². The normalized spacial score (nSPS) is 11.3. The molecule has 0 fully saturated rings. The fourth-order valence-electron chi connectivity index (χ4n) is 5.04. The predicted molar refractivity (Wildman–Crippen MR) is 181 cm³/mol. The number of carbonyl (C=O) groups excluding carboxylic acids is 2. The van der Waals surface area contributed by atoms with Crippen LogP contribution in [0.25, 0.3) is 0 Å². The summed E-state index contributed by atoms with van der Waals surface area (Å²) in [5.74, 6) is -0.418. The quantitative estimate of drug-likeness (QED) is 0.0706. The van der Waals surface area contributed by atoms with Crippen LogP contribution in [-0.2, 0) is 16.0 Å². The largest absolute Gasteiger partial charge is 0.494 e. The van der Waals surface area contributed by atoms with E-state index in [1.165, 1.54) is 0 Å². The average molecular weight is 623 g/mol. The number of hydrogen-bond donors (Lipinski definition) is 2. The summed E-state index contributed by atoms with van der Waals surface area (Å²) in [6, 6.07) is 30.1. The summed E-state index contributed by atoms with van der Waals surface area (Å²) in [6.45, 7) is 5.14. The molecule has 1 amide bonds. The van der Waals surface area contributed by atoms with Gasteiger partial charge in [0, 0.05) is 18.7 Å². The minimum absolute atomic E-state index is 0.131. The molecule has 0 heterocycles. The summed E-state index contributed by atoms with van der Waals surface area (Å²) in [7, 11) is 0. The number of esters is 1. The van der Waals surface area contributed by atoms with Crippen molar-refractivity contribution in [3.8, 4) is 11.5 Å². The Morgan fingerprint density at radius 1 is 0.848 bits per heavy atom. The third-order valence-electron chi connectivity index (χ3n) is 7.62. The molecule has 4 aromatic rings. The zero-order valence-electron chi connectivity index (χ0n) is 26.5. The highest BCUT2D eigenvalue weighted by atomic mass is 16.5. The Hall–Kier alpha value is -5.11. The first kappa shape index (κ1) is 33.8. The lowest BCUT2D eigenvalue weighted by Gasteiger charge is -2.24. The number of hydrogen-bond acceptors (Lipinski definition) is 6. The minimum atomic E-state index is -1.00. The van der Waals surface area contributed by atoms with E-state index in [0.717, 1.165) is 29.7 Å². The first-order valence-corrected chi connectivity index (χ1v) is 15.8. The van der Waals surface area contributed by atoms with E-state index >= 15 is 0 Å². The molecule has 1 unspecified atom stereocenters. The zero-order chi connectivity index (χ0) is 32.7. The number of carboxylic acids is 1. The van der Waals surface area contributed by atoms with E-state index in [1.807, 2.05) is 66.4 Å². The number of amides is 1. The van der Waals surface area contributed by atoms with E-state index in [2.05, 4.69) is 12.2 Å². The Labute approximate surface area is 271 Å². The van der Waals surface area contributed by atoms with Gasteiger partial charge in [-0.1, -0.05) is 74.0 Å². The van der Waals surface area contributed by atoms with Crippen LogP contribution < -0.4 is 19.7 Å². The number of ether oxygens (including phenoxy) is 2. The summed E-state index contributed by atoms with van der Waals surface area (Å²) >= 11 is 0. The maximum absolute atomic E-state index is 12.9. The van der Waals surface area contributed by atoms with Crippen molar-refractivity contribution in [2.45, 2.75) is 58.4 Å². The number of rotatable bonds is 17. The number of carboxylic acid groups (broad SMARTS) is 1. The van der Waals surface area contributed by atoms with Crippen LogP contribution >= 0.6 is 0 Å². The summed E-state index contributed by atoms with van der Waals surface area (Å²) in [5, 5.41) is 13.0. The number of aliphatic carboxylic acids is 1. The number of unbranched alkanes of at least 4 members (excludes halogenated alkanes) is 1. The van der Waals surface area contributed by atoms with Crippen molar-refractivity contribution in [2.24, 2.45) is 0 Å². The van der Waals surface area contributed by atoms with E-state index < -0.39 is 18.0 Å². The number of aryl methyl sites for hydroxylation is 2. The third kappa shape index (κ3) is 9.95. The summed E-state index contributed by atoms with van der Waals surface area (Å²) in [4.78, 5) is 39.5. The highest BCUT2D eigenvalue weighted by Gasteiger charge is 2.20. The van der Waals surface area contributed by atoms with Crippen LogP contribution in [-0.4, -0.2) is 42.1 Å². The first-order chi connectivity index (χ1) is 22.4. The summed E-state index contributed by atoms with van der Waals surface area (Å²) < 4.78 is 11.5. The second-order valence-corrected chi connectivity index (χ2v) is 11.1. The van der Waals surface area contributed by atoms with Crippen LogP contribution in [0.5, 0.6) is 11.5 Å². The number of para-hydroxylation sites is 3. The van der Waals surface area contributed by atoms with Gasteiger partial charge in [0.25, 0.3) is 0 Å². The SMILES string of the molecule is CCCCC(=O)N(CCCOc1ccc(CCC(Nc2ccccc2OC(=O)c2ccccc2)C(=O)O)cc1)c1ccccc1C. The van der Waals surface area contributed by atoms with Crippen LogP contribution in [0.2, 0.25) is 0 Å². The molecule has 0 radical (unpaired) electrons. The second-order valence-electron chi connectivity index (χ2n) is 11.1. The molecule has 0 saturated carbocycles. The minimum Gasteiger partial charge on any atom is -0.494 e. The predicted octanol–water partition coefficient (Wildman–Crippen LogP) is 7.70. The molecule has 0 aliphatic rings. The van der Waals surface area contributed by atoms with Crippen LogP contribution in [0.4, 0.5) is 11.4 Å². The fourth-order valence-corrected chi connectivity index (χ4v) is 5.04. The molecule has 0 aliphatic heterocycles. The van der Waals surface area contributed by atoms with Crippen LogP contribution in [0.15, 0.2) is 103 Å². The second kappa shape index (κ2) is 17.4. The van der Waals surface area contributed by atoms with Gasteiger partial charge in [0.05, 0.1) is 17.9 Å². The monoisotopic (exact) mass is 622 g/mol. The number of nitrogens with zero attached hydrogens (tertiary/aromatic N) is 1. The molecule has 4 rings (SSSR count). The number of benzene rings is 4. The van der Waals surface area contributed by atoms with Crippen molar-refractivity contribution in [2.75, 3.05) is 23.4 Å². The Bertz CT molecular complexity index is 1570. The molecule has 0 aromatic heterocycles. The van der Waals surface area contributed by atoms with Gasteiger partial charge in [-0.2, -0.15) is 0 Å². The smallest absolute Gasteiger partial charge is 0.343 e. The maximum atomic E-state index is 12.9. The summed E-state index contributed by atoms with van der Waals surface area (Å²) in [6.07, 6.45) is 3.88. The van der Waals surface area contributed by atoms with Gasteiger partial charge < -0.3 is 24.8 Å². The van der Waals surface area contributed by atoms with Gasteiger partial charge in [-0.15, -0.1) is 0 Å². The molecule has 1 atom stereocenters. The molecule has 4 aromatic carbocycles. The molecule has 240 valence electrons. The van der Waals surface area contributed by atoms with Crippen molar-refractivity contribution in [1.29, 1.82) is 0 Å². The van der Waals surface area contributed by atoms with E-state index in [-0.39, 0.29) is 11.7 Å². The lowest BCUT2D eigenvalue weighted by Crippen LogP contribution is -2.33.